The first-order chi connectivity index (χ1) is 7.66. The van der Waals surface area contributed by atoms with Gasteiger partial charge in [-0.3, -0.25) is 0 Å². The molecule has 100 valence electrons. The van der Waals surface area contributed by atoms with Gasteiger partial charge in [0, 0.05) is 32.5 Å². The Morgan fingerprint density at radius 3 is 1.19 bits per heavy atom. The summed E-state index contributed by atoms with van der Waals surface area (Å²) < 4.78 is 21.3. The van der Waals surface area contributed by atoms with Gasteiger partial charge in [0.1, 0.15) is 10.5 Å². The van der Waals surface area contributed by atoms with Crippen molar-refractivity contribution in [2.24, 2.45) is 0 Å². The predicted octanol–water partition coefficient (Wildman–Crippen LogP) is 1.36. The van der Waals surface area contributed by atoms with E-state index in [-0.39, 0.29) is 0 Å². The summed E-state index contributed by atoms with van der Waals surface area (Å²) in [6.45, 7) is 12.8. The maximum Gasteiger partial charge on any atom is 0.500 e. The largest absolute Gasteiger partial charge is 0.500 e. The van der Waals surface area contributed by atoms with Crippen LogP contribution < -0.4 is 0 Å². The van der Waals surface area contributed by atoms with Gasteiger partial charge in [0.15, 0.2) is 0 Å². The Hall–Kier alpha value is 0.274. The molecule has 0 unspecified atom stereocenters. The highest BCUT2D eigenvalue weighted by atomic mass is 28.4. The van der Waals surface area contributed by atoms with Crippen molar-refractivity contribution < 1.29 is 17.7 Å². The lowest BCUT2D eigenvalue weighted by Crippen LogP contribution is -2.45. The summed E-state index contributed by atoms with van der Waals surface area (Å²) in [5, 5.41) is 0. The van der Waals surface area contributed by atoms with E-state index in [1.54, 1.807) is 0 Å². The van der Waals surface area contributed by atoms with E-state index in [0.29, 0.717) is 19.8 Å². The molecule has 0 saturated heterocycles. The quantitative estimate of drug-likeness (QED) is 0.623. The average molecular weight is 269 g/mol. The molecule has 6 heteroatoms. The molecule has 0 heterocycles. The maximum atomic E-state index is 5.55. The molecule has 0 atom stereocenters. The topological polar surface area (TPSA) is 36.9 Å². The molecule has 0 saturated carbocycles. The predicted molar refractivity (Wildman–Crippen MR) is 72.7 cm³/mol. The van der Waals surface area contributed by atoms with Crippen LogP contribution in [0.15, 0.2) is 0 Å². The van der Waals surface area contributed by atoms with E-state index >= 15 is 0 Å². The fraction of sp³-hybridized carbons (Fsp3) is 1.00. The van der Waals surface area contributed by atoms with Crippen molar-refractivity contribution in [3.8, 4) is 0 Å². The Morgan fingerprint density at radius 2 is 1.06 bits per heavy atom. The van der Waals surface area contributed by atoms with Crippen molar-refractivity contribution in [2.45, 2.75) is 40.7 Å². The summed E-state index contributed by atoms with van der Waals surface area (Å²) >= 11 is 0. The van der Waals surface area contributed by atoms with Crippen LogP contribution in [0.25, 0.3) is 0 Å². The van der Waals surface area contributed by atoms with Gasteiger partial charge in [0.05, 0.1) is 0 Å². The van der Waals surface area contributed by atoms with Crippen molar-refractivity contribution in [2.75, 3.05) is 26.4 Å². The van der Waals surface area contributed by atoms with Crippen LogP contribution >= 0.6 is 0 Å². The highest BCUT2D eigenvalue weighted by molar-refractivity contribution is 6.60. The Morgan fingerprint density at radius 1 is 0.750 bits per heavy atom. The van der Waals surface area contributed by atoms with Crippen LogP contribution in [-0.4, -0.2) is 45.7 Å². The summed E-state index contributed by atoms with van der Waals surface area (Å²) in [6.07, 6.45) is 0. The van der Waals surface area contributed by atoms with Crippen molar-refractivity contribution in [3.63, 3.8) is 0 Å². The van der Waals surface area contributed by atoms with Gasteiger partial charge in [0.25, 0.3) is 0 Å². The summed E-state index contributed by atoms with van der Waals surface area (Å²) in [4.78, 5) is 0. The molecule has 0 N–H and O–H groups in total. The molecule has 0 spiro atoms. The second kappa shape index (κ2) is 13.3. The van der Waals surface area contributed by atoms with Gasteiger partial charge in [-0.05, 0) is 27.7 Å². The van der Waals surface area contributed by atoms with Gasteiger partial charge in [-0.2, -0.15) is 0 Å². The zero-order valence-electron chi connectivity index (χ0n) is 11.7. The number of rotatable bonds is 8. The van der Waals surface area contributed by atoms with Gasteiger partial charge in [-0.15, -0.1) is 0 Å². The molecule has 0 aliphatic rings. The van der Waals surface area contributed by atoms with Crippen LogP contribution in [0.1, 0.15) is 34.6 Å². The fourth-order valence-electron chi connectivity index (χ4n) is 1.09. The van der Waals surface area contributed by atoms with Crippen LogP contribution in [0.5, 0.6) is 0 Å². The lowest BCUT2D eigenvalue weighted by Gasteiger charge is -2.26. The van der Waals surface area contributed by atoms with Gasteiger partial charge < -0.3 is 17.7 Å². The minimum atomic E-state index is -2.27. The van der Waals surface area contributed by atoms with E-state index in [9.17, 15) is 0 Å². The van der Waals surface area contributed by atoms with Crippen molar-refractivity contribution in [1.82, 2.24) is 0 Å². The minimum absolute atomic E-state index is 0.667. The van der Waals surface area contributed by atoms with Gasteiger partial charge in [0.2, 0.25) is 0 Å². The first kappa shape index (κ1) is 18.6. The molecule has 0 aliphatic carbocycles. The van der Waals surface area contributed by atoms with Crippen LogP contribution in [0.2, 0.25) is 6.04 Å². The van der Waals surface area contributed by atoms with Gasteiger partial charge >= 0.3 is 8.80 Å². The second-order valence-corrected chi connectivity index (χ2v) is 6.43. The highest BCUT2D eigenvalue weighted by Gasteiger charge is 2.37. The molecule has 0 aromatic rings. The van der Waals surface area contributed by atoms with Crippen molar-refractivity contribution in [1.29, 1.82) is 0 Å². The van der Waals surface area contributed by atoms with Gasteiger partial charge in [-0.25, -0.2) is 0 Å². The van der Waals surface area contributed by atoms with Gasteiger partial charge in [-0.1, -0.05) is 6.92 Å². The molecular weight excluding hydrogens is 240 g/mol. The summed E-state index contributed by atoms with van der Waals surface area (Å²) in [5.41, 5.74) is 0. The molecule has 0 aromatic heterocycles. The third kappa shape index (κ3) is 9.50. The summed E-state index contributed by atoms with van der Waals surface area (Å²) in [6, 6.07) is 0.850. The molecule has 0 amide bonds. The zero-order chi connectivity index (χ0) is 12.9. The second-order valence-electron chi connectivity index (χ2n) is 2.91. The third-order valence-electron chi connectivity index (χ3n) is 1.81. The first-order valence-electron chi connectivity index (χ1n) is 6.06. The van der Waals surface area contributed by atoms with E-state index in [1.807, 2.05) is 34.6 Å². The fourth-order valence-corrected chi connectivity index (χ4v) is 3.27. The Labute approximate surface area is 105 Å². The normalized spacial score (nSPS) is 11.1. The molecule has 0 bridgehead atoms. The Kier molecular flexibility index (Phi) is 15.5. The smallest absolute Gasteiger partial charge is 0.428 e. The molecule has 16 heavy (non-hydrogen) atoms. The highest BCUT2D eigenvalue weighted by Crippen LogP contribution is 2.14. The average Bonchev–Trinajstić information content (AvgIpc) is 2.30. The molecule has 0 rings (SSSR count). The SMILES string of the molecule is CCO[SiH3].CCO[Si](CC)(OCC)OCC. The molecule has 0 radical (unpaired) electrons. The zero-order valence-corrected chi connectivity index (χ0v) is 14.7. The van der Waals surface area contributed by atoms with E-state index in [4.69, 9.17) is 13.3 Å². The van der Waals surface area contributed by atoms with E-state index < -0.39 is 8.80 Å². The Balaban J connectivity index is 0. The molecule has 4 nitrogen and oxygen atoms in total. The standard InChI is InChI=1S/C8H20O3Si.C2H8OSi/c1-5-9-12(8-4,10-6-2)11-7-3;1-2-3-4/h5-8H2,1-4H3;2H2,1,4H3. The lowest BCUT2D eigenvalue weighted by molar-refractivity contribution is 0.0725. The lowest BCUT2D eigenvalue weighted by atomic mass is 10.9. The first-order valence-corrected chi connectivity index (χ1v) is 8.81. The maximum absolute atomic E-state index is 5.55. The third-order valence-corrected chi connectivity index (χ3v) is 5.44. The summed E-state index contributed by atoms with van der Waals surface area (Å²) in [7, 11) is -1.38. The number of hydrogen-bond donors (Lipinski definition) is 0. The van der Waals surface area contributed by atoms with Crippen molar-refractivity contribution in [3.05, 3.63) is 0 Å². The molecule has 0 fully saturated rings. The minimum Gasteiger partial charge on any atom is -0.428 e. The van der Waals surface area contributed by atoms with Crippen LogP contribution in [-0.2, 0) is 17.7 Å². The van der Waals surface area contributed by atoms with Crippen LogP contribution in [0.3, 0.4) is 0 Å². The Bertz CT molecular complexity index is 117. The van der Waals surface area contributed by atoms with Crippen molar-refractivity contribution >= 4 is 19.3 Å². The van der Waals surface area contributed by atoms with E-state index in [0.717, 1.165) is 23.1 Å². The monoisotopic (exact) mass is 268 g/mol. The van der Waals surface area contributed by atoms with E-state index in [1.165, 1.54) is 0 Å². The molecular formula is C10H28O4Si2. The molecule has 0 aromatic carbocycles. The summed E-state index contributed by atoms with van der Waals surface area (Å²) in [5.74, 6) is 0. The molecule has 0 aliphatic heterocycles. The van der Waals surface area contributed by atoms with E-state index in [2.05, 4.69) is 4.43 Å². The number of hydrogen-bond acceptors (Lipinski definition) is 4. The van der Waals surface area contributed by atoms with Crippen LogP contribution in [0, 0.1) is 0 Å². The van der Waals surface area contributed by atoms with Crippen LogP contribution in [0.4, 0.5) is 0 Å².